The van der Waals surface area contributed by atoms with E-state index in [2.05, 4.69) is 26.9 Å². The standard InChI is InChI=1S/C13H11N3O2S/c1-4-14-11(9-3-6-19-10(1)9)13-15-12(16-18-13)8-2-5-17-7-8/h2-3,5-7,11,14H,1,4H2. The number of hydrogen-bond donors (Lipinski definition) is 1. The lowest BCUT2D eigenvalue weighted by atomic mass is 10.0. The largest absolute Gasteiger partial charge is 0.472 e. The van der Waals surface area contributed by atoms with Crippen molar-refractivity contribution in [3.63, 3.8) is 0 Å². The molecule has 1 unspecified atom stereocenters. The molecule has 1 aliphatic heterocycles. The number of nitrogens with zero attached hydrogens (tertiary/aromatic N) is 2. The fraction of sp³-hybridized carbons (Fsp3) is 0.231. The normalized spacial score (nSPS) is 18.4. The Balaban J connectivity index is 1.71. The van der Waals surface area contributed by atoms with Gasteiger partial charge in [0.05, 0.1) is 11.8 Å². The second kappa shape index (κ2) is 4.32. The highest BCUT2D eigenvalue weighted by Gasteiger charge is 2.27. The molecular formula is C13H11N3O2S. The summed E-state index contributed by atoms with van der Waals surface area (Å²) in [7, 11) is 0. The molecule has 1 atom stereocenters. The molecule has 0 saturated carbocycles. The Morgan fingerprint density at radius 1 is 1.37 bits per heavy atom. The van der Waals surface area contributed by atoms with Gasteiger partial charge < -0.3 is 14.3 Å². The van der Waals surface area contributed by atoms with E-state index < -0.39 is 0 Å². The minimum absolute atomic E-state index is 0.00292. The second-order valence-corrected chi connectivity index (χ2v) is 5.41. The van der Waals surface area contributed by atoms with Crippen LogP contribution in [0.25, 0.3) is 11.4 Å². The lowest BCUT2D eigenvalue weighted by molar-refractivity contribution is 0.344. The summed E-state index contributed by atoms with van der Waals surface area (Å²) >= 11 is 1.78. The van der Waals surface area contributed by atoms with Crippen molar-refractivity contribution in [1.29, 1.82) is 0 Å². The topological polar surface area (TPSA) is 64.1 Å². The molecule has 0 aliphatic carbocycles. The van der Waals surface area contributed by atoms with Crippen LogP contribution < -0.4 is 5.32 Å². The van der Waals surface area contributed by atoms with Gasteiger partial charge in [-0.15, -0.1) is 11.3 Å². The van der Waals surface area contributed by atoms with E-state index in [0.717, 1.165) is 18.5 Å². The van der Waals surface area contributed by atoms with Crippen LogP contribution in [0, 0.1) is 0 Å². The van der Waals surface area contributed by atoms with Gasteiger partial charge in [-0.05, 0) is 29.5 Å². The van der Waals surface area contributed by atoms with Crippen molar-refractivity contribution < 1.29 is 8.94 Å². The monoisotopic (exact) mass is 273 g/mol. The van der Waals surface area contributed by atoms with E-state index in [9.17, 15) is 0 Å². The Bertz CT molecular complexity index is 686. The average Bonchev–Trinajstić information content (AvgIpc) is 3.18. The summed E-state index contributed by atoms with van der Waals surface area (Å²) in [4.78, 5) is 5.85. The number of nitrogens with one attached hydrogen (secondary N) is 1. The van der Waals surface area contributed by atoms with Gasteiger partial charge in [0, 0.05) is 11.4 Å². The van der Waals surface area contributed by atoms with Crippen LogP contribution in [0.1, 0.15) is 22.4 Å². The molecular weight excluding hydrogens is 262 g/mol. The molecule has 0 amide bonds. The SMILES string of the molecule is c1cc(-c2noc(C3NCCc4sccc43)n2)co1. The van der Waals surface area contributed by atoms with Crippen molar-refractivity contribution in [2.45, 2.75) is 12.5 Å². The first-order chi connectivity index (χ1) is 9.42. The zero-order chi connectivity index (χ0) is 12.7. The summed E-state index contributed by atoms with van der Waals surface area (Å²) in [5.41, 5.74) is 2.08. The zero-order valence-corrected chi connectivity index (χ0v) is 10.8. The van der Waals surface area contributed by atoms with E-state index >= 15 is 0 Å². The van der Waals surface area contributed by atoms with Crippen LogP contribution in [0.4, 0.5) is 0 Å². The first-order valence-electron chi connectivity index (χ1n) is 6.07. The predicted molar refractivity (Wildman–Crippen MR) is 69.9 cm³/mol. The van der Waals surface area contributed by atoms with Crippen LogP contribution in [-0.2, 0) is 6.42 Å². The smallest absolute Gasteiger partial charge is 0.248 e. The molecule has 0 fully saturated rings. The lowest BCUT2D eigenvalue weighted by Crippen LogP contribution is -2.29. The van der Waals surface area contributed by atoms with Crippen LogP contribution >= 0.6 is 11.3 Å². The highest BCUT2D eigenvalue weighted by atomic mass is 32.1. The van der Waals surface area contributed by atoms with Crippen molar-refractivity contribution >= 4 is 11.3 Å². The first-order valence-corrected chi connectivity index (χ1v) is 6.95. The van der Waals surface area contributed by atoms with Crippen LogP contribution in [0.3, 0.4) is 0 Å². The third-order valence-electron chi connectivity index (χ3n) is 3.26. The molecule has 19 heavy (non-hydrogen) atoms. The fourth-order valence-corrected chi connectivity index (χ4v) is 3.25. The number of hydrogen-bond acceptors (Lipinski definition) is 6. The van der Waals surface area contributed by atoms with Crippen molar-refractivity contribution in [1.82, 2.24) is 15.5 Å². The summed E-state index contributed by atoms with van der Waals surface area (Å²) in [5.74, 6) is 1.17. The molecule has 4 rings (SSSR count). The summed E-state index contributed by atoms with van der Waals surface area (Å²) < 4.78 is 10.4. The highest BCUT2D eigenvalue weighted by molar-refractivity contribution is 7.10. The van der Waals surface area contributed by atoms with Gasteiger partial charge >= 0.3 is 0 Å². The van der Waals surface area contributed by atoms with Crippen molar-refractivity contribution in [3.8, 4) is 11.4 Å². The Labute approximate surface area is 113 Å². The Kier molecular flexibility index (Phi) is 2.49. The molecule has 0 aromatic carbocycles. The average molecular weight is 273 g/mol. The fourth-order valence-electron chi connectivity index (χ4n) is 2.33. The Morgan fingerprint density at radius 3 is 3.26 bits per heavy atom. The maximum atomic E-state index is 5.39. The summed E-state index contributed by atoms with van der Waals surface area (Å²) in [6.45, 7) is 0.932. The number of thiophene rings is 1. The van der Waals surface area contributed by atoms with Crippen molar-refractivity contribution in [2.75, 3.05) is 6.54 Å². The van der Waals surface area contributed by atoms with Crippen LogP contribution in [0.2, 0.25) is 0 Å². The molecule has 3 aromatic heterocycles. The van der Waals surface area contributed by atoms with E-state index in [1.165, 1.54) is 10.4 Å². The first kappa shape index (κ1) is 11.0. The predicted octanol–water partition coefficient (Wildman–Crippen LogP) is 2.63. The summed E-state index contributed by atoms with van der Waals surface area (Å²) in [5, 5.41) is 9.54. The van der Waals surface area contributed by atoms with Gasteiger partial charge in [0.15, 0.2) is 0 Å². The molecule has 0 saturated heterocycles. The zero-order valence-electron chi connectivity index (χ0n) is 10.00. The molecule has 4 heterocycles. The molecule has 1 aliphatic rings. The minimum Gasteiger partial charge on any atom is -0.472 e. The molecule has 0 spiro atoms. The third-order valence-corrected chi connectivity index (χ3v) is 4.26. The van der Waals surface area contributed by atoms with Crippen molar-refractivity contribution in [2.24, 2.45) is 0 Å². The number of rotatable bonds is 2. The summed E-state index contributed by atoms with van der Waals surface area (Å²) in [6.07, 6.45) is 4.27. The molecule has 96 valence electrons. The van der Waals surface area contributed by atoms with Gasteiger partial charge in [-0.25, -0.2) is 0 Å². The quantitative estimate of drug-likeness (QED) is 0.777. The van der Waals surface area contributed by atoms with Crippen LogP contribution in [0.5, 0.6) is 0 Å². The van der Waals surface area contributed by atoms with Crippen LogP contribution in [-0.4, -0.2) is 16.7 Å². The van der Waals surface area contributed by atoms with Crippen molar-refractivity contribution in [3.05, 3.63) is 46.4 Å². The summed E-state index contributed by atoms with van der Waals surface area (Å²) in [6, 6.07) is 3.94. The highest BCUT2D eigenvalue weighted by Crippen LogP contribution is 2.32. The van der Waals surface area contributed by atoms with E-state index in [-0.39, 0.29) is 6.04 Å². The molecule has 6 heteroatoms. The van der Waals surface area contributed by atoms with Gasteiger partial charge in [0.25, 0.3) is 0 Å². The Hall–Kier alpha value is -1.92. The van der Waals surface area contributed by atoms with Gasteiger partial charge in [-0.2, -0.15) is 4.98 Å². The minimum atomic E-state index is 0.00292. The van der Waals surface area contributed by atoms with E-state index in [0.29, 0.717) is 11.7 Å². The van der Waals surface area contributed by atoms with E-state index in [1.54, 1.807) is 23.9 Å². The van der Waals surface area contributed by atoms with Gasteiger partial charge in [-0.1, -0.05) is 5.16 Å². The number of aromatic nitrogens is 2. The molecule has 0 radical (unpaired) electrons. The maximum Gasteiger partial charge on any atom is 0.248 e. The second-order valence-electron chi connectivity index (χ2n) is 4.40. The number of furan rings is 1. The van der Waals surface area contributed by atoms with Gasteiger partial charge in [0.1, 0.15) is 12.3 Å². The maximum absolute atomic E-state index is 5.39. The van der Waals surface area contributed by atoms with Gasteiger partial charge in [0.2, 0.25) is 11.7 Å². The molecule has 5 nitrogen and oxygen atoms in total. The van der Waals surface area contributed by atoms with E-state index in [4.69, 9.17) is 8.94 Å². The van der Waals surface area contributed by atoms with Gasteiger partial charge in [-0.3, -0.25) is 0 Å². The Morgan fingerprint density at radius 2 is 2.37 bits per heavy atom. The third kappa shape index (κ3) is 1.80. The molecule has 1 N–H and O–H groups in total. The lowest BCUT2D eigenvalue weighted by Gasteiger charge is -2.20. The number of fused-ring (bicyclic) bond motifs is 1. The molecule has 0 bridgehead atoms. The van der Waals surface area contributed by atoms with Crippen LogP contribution in [0.15, 0.2) is 39.0 Å². The van der Waals surface area contributed by atoms with E-state index in [1.807, 2.05) is 6.07 Å². The molecule has 3 aromatic rings.